The van der Waals surface area contributed by atoms with Crippen molar-refractivity contribution in [2.24, 2.45) is 11.8 Å². The van der Waals surface area contributed by atoms with E-state index in [1.54, 1.807) is 4.90 Å². The van der Waals surface area contributed by atoms with Crippen LogP contribution in [-0.2, 0) is 9.59 Å². The van der Waals surface area contributed by atoms with Gasteiger partial charge in [0, 0.05) is 33.1 Å². The minimum absolute atomic E-state index is 0.124. The first kappa shape index (κ1) is 16.0. The van der Waals surface area contributed by atoms with E-state index < -0.39 is 0 Å². The van der Waals surface area contributed by atoms with Crippen LogP contribution in [0.5, 0.6) is 0 Å². The highest BCUT2D eigenvalue weighted by atomic mass is 16.2. The van der Waals surface area contributed by atoms with E-state index in [2.05, 4.69) is 20.8 Å². The second-order valence-corrected chi connectivity index (χ2v) is 6.04. The predicted molar refractivity (Wildman–Crippen MR) is 76.7 cm³/mol. The summed E-state index contributed by atoms with van der Waals surface area (Å²) in [7, 11) is 1.85. The molecule has 1 atom stereocenters. The summed E-state index contributed by atoms with van der Waals surface area (Å²) >= 11 is 0. The second kappa shape index (κ2) is 7.51. The zero-order valence-corrected chi connectivity index (χ0v) is 12.8. The van der Waals surface area contributed by atoms with Gasteiger partial charge < -0.3 is 9.80 Å². The molecule has 2 amide bonds. The van der Waals surface area contributed by atoms with Crippen molar-refractivity contribution in [3.63, 3.8) is 0 Å². The standard InChI is InChI=1S/C15H28N2O2/c1-5-6-8-16(4)15(19)13-10-14(18)17(11-13)9-7-12(2)3/h12-13H,5-11H2,1-4H3. The molecule has 1 unspecified atom stereocenters. The van der Waals surface area contributed by atoms with E-state index in [1.165, 1.54) is 0 Å². The third-order valence-corrected chi connectivity index (χ3v) is 3.76. The zero-order valence-electron chi connectivity index (χ0n) is 12.8. The topological polar surface area (TPSA) is 40.6 Å². The van der Waals surface area contributed by atoms with Gasteiger partial charge in [-0.3, -0.25) is 9.59 Å². The Kier molecular flexibility index (Phi) is 6.32. The van der Waals surface area contributed by atoms with Crippen LogP contribution in [0, 0.1) is 11.8 Å². The van der Waals surface area contributed by atoms with Crippen molar-refractivity contribution in [2.45, 2.75) is 46.5 Å². The summed E-state index contributed by atoms with van der Waals surface area (Å²) in [6, 6.07) is 0. The molecule has 0 aliphatic carbocycles. The van der Waals surface area contributed by atoms with Crippen LogP contribution in [0.2, 0.25) is 0 Å². The minimum Gasteiger partial charge on any atom is -0.345 e. The summed E-state index contributed by atoms with van der Waals surface area (Å²) in [4.78, 5) is 27.8. The van der Waals surface area contributed by atoms with Gasteiger partial charge in [0.15, 0.2) is 0 Å². The minimum atomic E-state index is -0.124. The van der Waals surface area contributed by atoms with Crippen LogP contribution in [0.1, 0.15) is 46.5 Å². The molecular formula is C15H28N2O2. The van der Waals surface area contributed by atoms with Crippen LogP contribution >= 0.6 is 0 Å². The average molecular weight is 268 g/mol. The highest BCUT2D eigenvalue weighted by Crippen LogP contribution is 2.20. The molecule has 19 heavy (non-hydrogen) atoms. The van der Waals surface area contributed by atoms with Crippen molar-refractivity contribution in [1.29, 1.82) is 0 Å². The Labute approximate surface area is 117 Å². The molecule has 0 radical (unpaired) electrons. The molecule has 4 nitrogen and oxygen atoms in total. The molecule has 1 heterocycles. The first-order chi connectivity index (χ1) is 8.95. The highest BCUT2D eigenvalue weighted by molar-refractivity contribution is 5.89. The monoisotopic (exact) mass is 268 g/mol. The molecular weight excluding hydrogens is 240 g/mol. The summed E-state index contributed by atoms with van der Waals surface area (Å²) in [6.45, 7) is 8.63. The number of hydrogen-bond donors (Lipinski definition) is 0. The number of hydrogen-bond acceptors (Lipinski definition) is 2. The van der Waals surface area contributed by atoms with Gasteiger partial charge in [0.05, 0.1) is 5.92 Å². The second-order valence-electron chi connectivity index (χ2n) is 6.04. The number of carbonyl (C=O) groups excluding carboxylic acids is 2. The van der Waals surface area contributed by atoms with Gasteiger partial charge in [-0.1, -0.05) is 27.2 Å². The van der Waals surface area contributed by atoms with E-state index in [0.717, 1.165) is 32.4 Å². The van der Waals surface area contributed by atoms with Gasteiger partial charge in [0.2, 0.25) is 11.8 Å². The Bertz CT molecular complexity index is 315. The maximum atomic E-state index is 12.2. The molecule has 1 aliphatic rings. The Balaban J connectivity index is 2.44. The van der Waals surface area contributed by atoms with Gasteiger partial charge in [-0.25, -0.2) is 0 Å². The van der Waals surface area contributed by atoms with Crippen molar-refractivity contribution >= 4 is 11.8 Å². The molecule has 0 aromatic rings. The fourth-order valence-corrected chi connectivity index (χ4v) is 2.38. The van der Waals surface area contributed by atoms with E-state index in [0.29, 0.717) is 18.9 Å². The van der Waals surface area contributed by atoms with Crippen LogP contribution in [0.15, 0.2) is 0 Å². The Morgan fingerprint density at radius 1 is 1.47 bits per heavy atom. The number of unbranched alkanes of at least 4 members (excludes halogenated alkanes) is 1. The number of carbonyl (C=O) groups is 2. The lowest BCUT2D eigenvalue weighted by Crippen LogP contribution is -2.35. The van der Waals surface area contributed by atoms with Crippen LogP contribution in [0.25, 0.3) is 0 Å². The number of amides is 2. The molecule has 1 fully saturated rings. The molecule has 4 heteroatoms. The third-order valence-electron chi connectivity index (χ3n) is 3.76. The summed E-state index contributed by atoms with van der Waals surface area (Å²) in [5.74, 6) is 0.744. The lowest BCUT2D eigenvalue weighted by atomic mass is 10.1. The number of nitrogens with zero attached hydrogens (tertiary/aromatic N) is 2. The van der Waals surface area contributed by atoms with E-state index in [4.69, 9.17) is 0 Å². The molecule has 0 spiro atoms. The molecule has 1 aliphatic heterocycles. The van der Waals surface area contributed by atoms with Crippen LogP contribution in [0.4, 0.5) is 0 Å². The fraction of sp³-hybridized carbons (Fsp3) is 0.867. The van der Waals surface area contributed by atoms with Crippen molar-refractivity contribution in [3.05, 3.63) is 0 Å². The normalized spacial score (nSPS) is 19.3. The highest BCUT2D eigenvalue weighted by Gasteiger charge is 2.35. The molecule has 110 valence electrons. The Morgan fingerprint density at radius 2 is 2.16 bits per heavy atom. The Morgan fingerprint density at radius 3 is 2.74 bits per heavy atom. The van der Waals surface area contributed by atoms with Crippen molar-refractivity contribution in [1.82, 2.24) is 9.80 Å². The summed E-state index contributed by atoms with van der Waals surface area (Å²) in [6.07, 6.45) is 3.52. The SMILES string of the molecule is CCCCN(C)C(=O)C1CC(=O)N(CCC(C)C)C1. The molecule has 1 saturated heterocycles. The van der Waals surface area contributed by atoms with Gasteiger partial charge in [0.25, 0.3) is 0 Å². The van der Waals surface area contributed by atoms with Crippen LogP contribution in [0.3, 0.4) is 0 Å². The van der Waals surface area contributed by atoms with E-state index in [-0.39, 0.29) is 17.7 Å². The maximum Gasteiger partial charge on any atom is 0.227 e. The molecule has 0 N–H and O–H groups in total. The lowest BCUT2D eigenvalue weighted by Gasteiger charge is -2.21. The quantitative estimate of drug-likeness (QED) is 0.710. The third kappa shape index (κ3) is 4.84. The molecule has 0 aromatic carbocycles. The molecule has 0 aromatic heterocycles. The van der Waals surface area contributed by atoms with Gasteiger partial charge >= 0.3 is 0 Å². The first-order valence-electron chi connectivity index (χ1n) is 7.48. The van der Waals surface area contributed by atoms with Gasteiger partial charge in [0.1, 0.15) is 0 Å². The van der Waals surface area contributed by atoms with E-state index in [1.807, 2.05) is 11.9 Å². The average Bonchev–Trinajstić information content (AvgIpc) is 2.73. The summed E-state index contributed by atoms with van der Waals surface area (Å²) in [5.41, 5.74) is 0. The fourth-order valence-electron chi connectivity index (χ4n) is 2.38. The predicted octanol–water partition coefficient (Wildman–Crippen LogP) is 2.14. The number of rotatable bonds is 7. The zero-order chi connectivity index (χ0) is 14.4. The largest absolute Gasteiger partial charge is 0.345 e. The van der Waals surface area contributed by atoms with Crippen molar-refractivity contribution in [2.75, 3.05) is 26.7 Å². The van der Waals surface area contributed by atoms with Gasteiger partial charge in [-0.2, -0.15) is 0 Å². The van der Waals surface area contributed by atoms with Crippen LogP contribution in [-0.4, -0.2) is 48.3 Å². The molecule has 0 saturated carbocycles. The maximum absolute atomic E-state index is 12.2. The van der Waals surface area contributed by atoms with Crippen molar-refractivity contribution in [3.8, 4) is 0 Å². The van der Waals surface area contributed by atoms with Gasteiger partial charge in [-0.15, -0.1) is 0 Å². The Hall–Kier alpha value is -1.06. The summed E-state index contributed by atoms with van der Waals surface area (Å²) < 4.78 is 0. The summed E-state index contributed by atoms with van der Waals surface area (Å²) in [5, 5.41) is 0. The van der Waals surface area contributed by atoms with E-state index >= 15 is 0 Å². The smallest absolute Gasteiger partial charge is 0.227 e. The van der Waals surface area contributed by atoms with Crippen molar-refractivity contribution < 1.29 is 9.59 Å². The first-order valence-corrected chi connectivity index (χ1v) is 7.48. The van der Waals surface area contributed by atoms with E-state index in [9.17, 15) is 9.59 Å². The van der Waals surface area contributed by atoms with Crippen LogP contribution < -0.4 is 0 Å². The number of likely N-dealkylation sites (tertiary alicyclic amines) is 1. The van der Waals surface area contributed by atoms with Gasteiger partial charge in [-0.05, 0) is 18.8 Å². The lowest BCUT2D eigenvalue weighted by molar-refractivity contribution is -0.134. The molecule has 1 rings (SSSR count). The molecule has 0 bridgehead atoms.